The summed E-state index contributed by atoms with van der Waals surface area (Å²) >= 11 is 3.57. The summed E-state index contributed by atoms with van der Waals surface area (Å²) in [6.45, 7) is 6.91. The summed E-state index contributed by atoms with van der Waals surface area (Å²) in [4.78, 5) is 3.27. The van der Waals surface area contributed by atoms with Gasteiger partial charge in [-0.05, 0) is 46.3 Å². The average Bonchev–Trinajstić information content (AvgIpc) is 3.02. The standard InChI is InChI=1S/C17H21BrN2O2/c1-21-17-5-4-14(11-16(17)18)12-19-6-8-20(9-7-19)13-15-3-2-10-22-15/h2-5,10-11H,6-9,12-13H2,1H3/p+2. The quantitative estimate of drug-likeness (QED) is 0.808. The third-order valence-electron chi connectivity index (χ3n) is 4.34. The lowest BCUT2D eigenvalue weighted by Crippen LogP contribution is -3.27. The Morgan fingerprint density at radius 3 is 2.41 bits per heavy atom. The van der Waals surface area contributed by atoms with Crippen molar-refractivity contribution in [1.82, 2.24) is 0 Å². The largest absolute Gasteiger partial charge is 0.496 e. The Hall–Kier alpha value is -1.30. The first kappa shape index (κ1) is 15.6. The maximum absolute atomic E-state index is 5.45. The number of benzene rings is 1. The highest BCUT2D eigenvalue weighted by Gasteiger charge is 2.23. The summed E-state index contributed by atoms with van der Waals surface area (Å²) in [6, 6.07) is 10.4. The Kier molecular flexibility index (Phi) is 5.18. The van der Waals surface area contributed by atoms with Crippen LogP contribution in [0.5, 0.6) is 5.75 Å². The Labute approximate surface area is 139 Å². The van der Waals surface area contributed by atoms with Crippen LogP contribution in [0.15, 0.2) is 45.5 Å². The average molecular weight is 367 g/mol. The van der Waals surface area contributed by atoms with Crippen LogP contribution in [-0.4, -0.2) is 33.3 Å². The highest BCUT2D eigenvalue weighted by atomic mass is 79.9. The van der Waals surface area contributed by atoms with Crippen LogP contribution in [0.25, 0.3) is 0 Å². The van der Waals surface area contributed by atoms with Crippen molar-refractivity contribution in [3.63, 3.8) is 0 Å². The number of hydrogen-bond donors (Lipinski definition) is 2. The van der Waals surface area contributed by atoms with Crippen LogP contribution in [0.2, 0.25) is 0 Å². The lowest BCUT2D eigenvalue weighted by molar-refractivity contribution is -1.02. The maximum Gasteiger partial charge on any atom is 0.157 e. The molecule has 2 N–H and O–H groups in total. The number of halogens is 1. The number of piperazine rings is 1. The third kappa shape index (κ3) is 3.91. The van der Waals surface area contributed by atoms with Gasteiger partial charge in [0, 0.05) is 5.56 Å². The van der Waals surface area contributed by atoms with Crippen molar-refractivity contribution in [2.75, 3.05) is 33.3 Å². The molecule has 1 fully saturated rings. The maximum atomic E-state index is 5.45. The molecule has 1 aliphatic heterocycles. The molecule has 1 saturated heterocycles. The molecule has 22 heavy (non-hydrogen) atoms. The monoisotopic (exact) mass is 366 g/mol. The molecule has 118 valence electrons. The SMILES string of the molecule is COc1ccc(C[NH+]2CC[NH+](Cc3ccco3)CC2)cc1Br. The van der Waals surface area contributed by atoms with Gasteiger partial charge in [0.25, 0.3) is 0 Å². The highest BCUT2D eigenvalue weighted by molar-refractivity contribution is 9.10. The molecular formula is C17H23BrN2O2+2. The van der Waals surface area contributed by atoms with Gasteiger partial charge in [-0.15, -0.1) is 0 Å². The van der Waals surface area contributed by atoms with Crippen LogP contribution in [0.1, 0.15) is 11.3 Å². The molecule has 0 saturated carbocycles. The minimum atomic E-state index is 0.895. The number of methoxy groups -OCH3 is 1. The van der Waals surface area contributed by atoms with Crippen LogP contribution in [0.4, 0.5) is 0 Å². The molecule has 5 heteroatoms. The van der Waals surface area contributed by atoms with Gasteiger partial charge in [0.2, 0.25) is 0 Å². The molecule has 2 heterocycles. The lowest BCUT2D eigenvalue weighted by Gasteiger charge is -2.29. The van der Waals surface area contributed by atoms with Crippen LogP contribution >= 0.6 is 15.9 Å². The van der Waals surface area contributed by atoms with Crippen molar-refractivity contribution in [1.29, 1.82) is 0 Å². The molecule has 0 unspecified atom stereocenters. The molecule has 1 aromatic carbocycles. The highest BCUT2D eigenvalue weighted by Crippen LogP contribution is 2.25. The van der Waals surface area contributed by atoms with E-state index in [2.05, 4.69) is 34.1 Å². The lowest BCUT2D eigenvalue weighted by atomic mass is 10.2. The molecule has 0 atom stereocenters. The van der Waals surface area contributed by atoms with Crippen molar-refractivity contribution >= 4 is 15.9 Å². The van der Waals surface area contributed by atoms with Gasteiger partial charge in [-0.1, -0.05) is 0 Å². The number of rotatable bonds is 5. The van der Waals surface area contributed by atoms with Gasteiger partial charge in [-0.25, -0.2) is 0 Å². The predicted octanol–water partition coefficient (Wildman–Crippen LogP) is 0.534. The summed E-state index contributed by atoms with van der Waals surface area (Å²) in [6.07, 6.45) is 1.76. The van der Waals surface area contributed by atoms with Crippen molar-refractivity contribution in [3.8, 4) is 5.75 Å². The van der Waals surface area contributed by atoms with Gasteiger partial charge >= 0.3 is 0 Å². The van der Waals surface area contributed by atoms with Crippen LogP contribution in [0, 0.1) is 0 Å². The molecule has 1 aliphatic rings. The van der Waals surface area contributed by atoms with E-state index in [1.165, 1.54) is 31.7 Å². The summed E-state index contributed by atoms with van der Waals surface area (Å²) in [7, 11) is 1.70. The molecular weight excluding hydrogens is 344 g/mol. The Morgan fingerprint density at radius 1 is 1.09 bits per heavy atom. The second-order valence-corrected chi connectivity index (χ2v) is 6.76. The fourth-order valence-corrected chi connectivity index (χ4v) is 3.67. The molecule has 3 rings (SSSR count). The molecule has 4 nitrogen and oxygen atoms in total. The van der Waals surface area contributed by atoms with Crippen molar-refractivity contribution in [2.45, 2.75) is 13.1 Å². The molecule has 1 aromatic heterocycles. The minimum absolute atomic E-state index is 0.895. The van der Waals surface area contributed by atoms with E-state index in [1.807, 2.05) is 12.1 Å². The summed E-state index contributed by atoms with van der Waals surface area (Å²) in [5.74, 6) is 1.99. The van der Waals surface area contributed by atoms with Gasteiger partial charge in [-0.3, -0.25) is 0 Å². The number of nitrogens with one attached hydrogen (secondary N) is 2. The third-order valence-corrected chi connectivity index (χ3v) is 4.96. The van der Waals surface area contributed by atoms with E-state index in [-0.39, 0.29) is 0 Å². The normalized spacial score (nSPS) is 21.7. The van der Waals surface area contributed by atoms with Crippen molar-refractivity contribution in [3.05, 3.63) is 52.4 Å². The van der Waals surface area contributed by atoms with Gasteiger partial charge in [0.15, 0.2) is 5.76 Å². The van der Waals surface area contributed by atoms with E-state index >= 15 is 0 Å². The molecule has 0 bridgehead atoms. The van der Waals surface area contributed by atoms with E-state index < -0.39 is 0 Å². The van der Waals surface area contributed by atoms with Gasteiger partial charge in [0.05, 0.1) is 17.8 Å². The first-order valence-electron chi connectivity index (χ1n) is 7.76. The topological polar surface area (TPSA) is 31.3 Å². The predicted molar refractivity (Wildman–Crippen MR) is 88.2 cm³/mol. The Bertz CT molecular complexity index is 593. The molecule has 0 spiro atoms. The smallest absolute Gasteiger partial charge is 0.157 e. The van der Waals surface area contributed by atoms with Gasteiger partial charge in [0.1, 0.15) is 45.0 Å². The first-order chi connectivity index (χ1) is 10.7. The molecule has 0 amide bonds. The van der Waals surface area contributed by atoms with Crippen LogP contribution in [0.3, 0.4) is 0 Å². The fraction of sp³-hybridized carbons (Fsp3) is 0.412. The second kappa shape index (κ2) is 7.31. The van der Waals surface area contributed by atoms with Crippen LogP contribution < -0.4 is 14.5 Å². The zero-order chi connectivity index (χ0) is 15.4. The van der Waals surface area contributed by atoms with Crippen molar-refractivity contribution < 1.29 is 19.0 Å². The summed E-state index contributed by atoms with van der Waals surface area (Å²) in [5, 5.41) is 0. The minimum Gasteiger partial charge on any atom is -0.496 e. The Morgan fingerprint density at radius 2 is 1.82 bits per heavy atom. The van der Waals surface area contributed by atoms with E-state index in [1.54, 1.807) is 23.2 Å². The summed E-state index contributed by atoms with van der Waals surface area (Å²) in [5.41, 5.74) is 1.36. The summed E-state index contributed by atoms with van der Waals surface area (Å²) < 4.78 is 11.8. The zero-order valence-electron chi connectivity index (χ0n) is 12.9. The van der Waals surface area contributed by atoms with Gasteiger partial charge in [-0.2, -0.15) is 0 Å². The molecule has 0 aliphatic carbocycles. The molecule has 0 radical (unpaired) electrons. The van der Waals surface area contributed by atoms with Crippen LogP contribution in [-0.2, 0) is 13.1 Å². The van der Waals surface area contributed by atoms with E-state index in [0.717, 1.165) is 29.1 Å². The van der Waals surface area contributed by atoms with E-state index in [4.69, 9.17) is 9.15 Å². The van der Waals surface area contributed by atoms with Gasteiger partial charge < -0.3 is 19.0 Å². The number of hydrogen-bond acceptors (Lipinski definition) is 2. The molecule has 2 aromatic rings. The number of ether oxygens (including phenoxy) is 1. The Balaban J connectivity index is 1.50. The first-order valence-corrected chi connectivity index (χ1v) is 8.56. The van der Waals surface area contributed by atoms with E-state index in [0.29, 0.717) is 0 Å². The van der Waals surface area contributed by atoms with E-state index in [9.17, 15) is 0 Å². The van der Waals surface area contributed by atoms with Crippen molar-refractivity contribution in [2.24, 2.45) is 0 Å². The zero-order valence-corrected chi connectivity index (χ0v) is 14.5. The number of quaternary nitrogens is 2. The fourth-order valence-electron chi connectivity index (χ4n) is 3.08. The number of furan rings is 1. The second-order valence-electron chi connectivity index (χ2n) is 5.90.